The fraction of sp³-hybridized carbons (Fsp3) is 0. The van der Waals surface area contributed by atoms with Crippen LogP contribution in [0.25, 0.3) is 99.2 Å². The molecule has 0 aliphatic carbocycles. The molecule has 8 aromatic carbocycles. The topological polar surface area (TPSA) is 23.0 Å². The van der Waals surface area contributed by atoms with Gasteiger partial charge in [-0.05, 0) is 95.1 Å². The lowest BCUT2D eigenvalue weighted by Crippen LogP contribution is -1.93. The Bertz CT molecular complexity index is 3130. The van der Waals surface area contributed by atoms with Crippen LogP contribution in [-0.2, 0) is 0 Å². The van der Waals surface area contributed by atoms with Crippen LogP contribution in [0.4, 0.5) is 0 Å². The maximum absolute atomic E-state index is 6.18. The fourth-order valence-corrected chi connectivity index (χ4v) is 8.33. The highest BCUT2D eigenvalue weighted by atomic mass is 16.3. The van der Waals surface area contributed by atoms with Crippen molar-refractivity contribution in [3.8, 4) is 33.6 Å². The Hall–Kier alpha value is -6.84. The van der Waals surface area contributed by atoms with Crippen LogP contribution in [0.5, 0.6) is 0 Å². The first kappa shape index (κ1) is 28.0. The predicted octanol–water partition coefficient (Wildman–Crippen LogP) is 13.1. The zero-order chi connectivity index (χ0) is 33.5. The lowest BCUT2D eigenvalue weighted by molar-refractivity contribution is 0.669. The van der Waals surface area contributed by atoms with E-state index in [1.165, 1.54) is 65.9 Å². The molecule has 0 aliphatic rings. The van der Waals surface area contributed by atoms with Gasteiger partial charge in [0, 0.05) is 43.7 Å². The molecule has 0 atom stereocenters. The van der Waals surface area contributed by atoms with Crippen LogP contribution in [0.2, 0.25) is 0 Å². The number of hydrogen-bond acceptors (Lipinski definition) is 1. The molecule has 0 saturated carbocycles. The Kier molecular flexibility index (Phi) is 5.96. The lowest BCUT2D eigenvalue weighted by atomic mass is 9.94. The first-order chi connectivity index (χ1) is 25.3. The van der Waals surface area contributed by atoms with E-state index in [4.69, 9.17) is 4.42 Å². The van der Waals surface area contributed by atoms with Gasteiger partial charge < -0.3 is 13.6 Å². The molecule has 0 unspecified atom stereocenters. The first-order valence-corrected chi connectivity index (χ1v) is 17.4. The average Bonchev–Trinajstić information content (AvgIpc) is 3.86. The third-order valence-electron chi connectivity index (χ3n) is 10.5. The zero-order valence-electron chi connectivity index (χ0n) is 27.6. The standard InChI is InChI=1S/C48H30N2O/c1-3-13-33(14-4-1)49-41-21-9-7-18-38(41)47-36(19-11-22-43(47)49)37-20-12-23-44-48(37)40-30-31(25-27-42(40)50(44)34-15-5-2-6-16-34)32-26-28-46-39(29-32)35-17-8-10-24-45(35)51-46/h1-30H. The van der Waals surface area contributed by atoms with Gasteiger partial charge >= 0.3 is 0 Å². The summed E-state index contributed by atoms with van der Waals surface area (Å²) in [6.45, 7) is 0. The fourth-order valence-electron chi connectivity index (χ4n) is 8.33. The second-order valence-corrected chi connectivity index (χ2v) is 13.3. The van der Waals surface area contributed by atoms with E-state index in [9.17, 15) is 0 Å². The van der Waals surface area contributed by atoms with Crippen molar-refractivity contribution in [1.29, 1.82) is 0 Å². The van der Waals surface area contributed by atoms with Gasteiger partial charge in [0.1, 0.15) is 11.2 Å². The van der Waals surface area contributed by atoms with Crippen molar-refractivity contribution in [3.63, 3.8) is 0 Å². The van der Waals surface area contributed by atoms with E-state index in [1.54, 1.807) is 0 Å². The van der Waals surface area contributed by atoms with Crippen molar-refractivity contribution in [2.45, 2.75) is 0 Å². The quantitative estimate of drug-likeness (QED) is 0.186. The molecule has 3 heteroatoms. The largest absolute Gasteiger partial charge is 0.456 e. The summed E-state index contributed by atoms with van der Waals surface area (Å²) in [7, 11) is 0. The number of benzene rings is 8. The number of para-hydroxylation sites is 4. The van der Waals surface area contributed by atoms with Crippen LogP contribution in [0, 0.1) is 0 Å². The maximum Gasteiger partial charge on any atom is 0.135 e. The minimum Gasteiger partial charge on any atom is -0.456 e. The molecule has 0 saturated heterocycles. The molecule has 0 N–H and O–H groups in total. The monoisotopic (exact) mass is 650 g/mol. The van der Waals surface area contributed by atoms with E-state index in [0.717, 1.165) is 33.3 Å². The molecule has 0 aliphatic heterocycles. The zero-order valence-corrected chi connectivity index (χ0v) is 27.6. The van der Waals surface area contributed by atoms with Crippen molar-refractivity contribution in [3.05, 3.63) is 182 Å². The van der Waals surface area contributed by atoms with E-state index in [0.29, 0.717) is 0 Å². The number of aromatic nitrogens is 2. The Morgan fingerprint density at radius 1 is 0.314 bits per heavy atom. The van der Waals surface area contributed by atoms with Crippen molar-refractivity contribution < 1.29 is 4.42 Å². The van der Waals surface area contributed by atoms with Crippen molar-refractivity contribution in [2.24, 2.45) is 0 Å². The summed E-state index contributed by atoms with van der Waals surface area (Å²) in [6.07, 6.45) is 0. The average molecular weight is 651 g/mol. The van der Waals surface area contributed by atoms with Gasteiger partial charge in [0.05, 0.1) is 22.1 Å². The van der Waals surface area contributed by atoms with E-state index < -0.39 is 0 Å². The Labute approximate surface area is 293 Å². The molecule has 0 fully saturated rings. The summed E-state index contributed by atoms with van der Waals surface area (Å²) < 4.78 is 11.0. The van der Waals surface area contributed by atoms with Gasteiger partial charge in [-0.3, -0.25) is 0 Å². The minimum atomic E-state index is 0.909. The summed E-state index contributed by atoms with van der Waals surface area (Å²) in [5.74, 6) is 0. The molecular weight excluding hydrogens is 621 g/mol. The molecule has 3 aromatic heterocycles. The summed E-state index contributed by atoms with van der Waals surface area (Å²) in [5.41, 5.74) is 13.7. The second kappa shape index (κ2) is 10.8. The number of fused-ring (bicyclic) bond motifs is 9. The smallest absolute Gasteiger partial charge is 0.135 e. The summed E-state index contributed by atoms with van der Waals surface area (Å²) in [4.78, 5) is 0. The lowest BCUT2D eigenvalue weighted by Gasteiger charge is -2.10. The van der Waals surface area contributed by atoms with Gasteiger partial charge in [-0.25, -0.2) is 0 Å². The van der Waals surface area contributed by atoms with E-state index >= 15 is 0 Å². The number of rotatable bonds is 4. The Morgan fingerprint density at radius 2 is 0.804 bits per heavy atom. The third kappa shape index (κ3) is 4.12. The Morgan fingerprint density at radius 3 is 1.49 bits per heavy atom. The summed E-state index contributed by atoms with van der Waals surface area (Å²) >= 11 is 0. The number of nitrogens with zero attached hydrogens (tertiary/aromatic N) is 2. The molecular formula is C48H30N2O. The van der Waals surface area contributed by atoms with Gasteiger partial charge in [0.2, 0.25) is 0 Å². The van der Waals surface area contributed by atoms with Gasteiger partial charge in [0.25, 0.3) is 0 Å². The maximum atomic E-state index is 6.18. The molecule has 3 heterocycles. The molecule has 0 amide bonds. The molecule has 11 rings (SSSR count). The molecule has 11 aromatic rings. The highest BCUT2D eigenvalue weighted by Crippen LogP contribution is 2.45. The third-order valence-corrected chi connectivity index (χ3v) is 10.5. The normalized spacial score (nSPS) is 11.9. The van der Waals surface area contributed by atoms with Crippen molar-refractivity contribution >= 4 is 65.6 Å². The summed E-state index contributed by atoms with van der Waals surface area (Å²) in [6, 6.07) is 65.6. The van der Waals surface area contributed by atoms with E-state index in [2.05, 4.69) is 179 Å². The summed E-state index contributed by atoms with van der Waals surface area (Å²) in [5, 5.41) is 7.26. The van der Waals surface area contributed by atoms with Gasteiger partial charge in [-0.2, -0.15) is 0 Å². The highest BCUT2D eigenvalue weighted by molar-refractivity contribution is 6.22. The molecule has 0 bridgehead atoms. The highest BCUT2D eigenvalue weighted by Gasteiger charge is 2.21. The van der Waals surface area contributed by atoms with Gasteiger partial charge in [-0.15, -0.1) is 0 Å². The molecule has 238 valence electrons. The molecule has 51 heavy (non-hydrogen) atoms. The van der Waals surface area contributed by atoms with Crippen LogP contribution in [0.15, 0.2) is 186 Å². The Balaban J connectivity index is 1.23. The molecule has 3 nitrogen and oxygen atoms in total. The minimum absolute atomic E-state index is 0.909. The van der Waals surface area contributed by atoms with Crippen LogP contribution in [0.1, 0.15) is 0 Å². The number of furan rings is 1. The first-order valence-electron chi connectivity index (χ1n) is 17.4. The van der Waals surface area contributed by atoms with Gasteiger partial charge in [-0.1, -0.05) is 109 Å². The van der Waals surface area contributed by atoms with Crippen LogP contribution < -0.4 is 0 Å². The molecule has 0 spiro atoms. The van der Waals surface area contributed by atoms with Crippen LogP contribution in [0.3, 0.4) is 0 Å². The van der Waals surface area contributed by atoms with Crippen molar-refractivity contribution in [1.82, 2.24) is 9.13 Å². The van der Waals surface area contributed by atoms with Gasteiger partial charge in [0.15, 0.2) is 0 Å². The van der Waals surface area contributed by atoms with E-state index in [1.807, 2.05) is 12.1 Å². The second-order valence-electron chi connectivity index (χ2n) is 13.3. The van der Waals surface area contributed by atoms with Crippen LogP contribution >= 0.6 is 0 Å². The van der Waals surface area contributed by atoms with E-state index in [-0.39, 0.29) is 0 Å². The SMILES string of the molecule is c1ccc(-n2c3ccccc3c3c(-c4cccc5c4c4cc(-c6ccc7oc8ccccc8c7c6)ccc4n5-c4ccccc4)cccc32)cc1. The molecule has 0 radical (unpaired) electrons. The number of hydrogen-bond donors (Lipinski definition) is 0. The van der Waals surface area contributed by atoms with Crippen molar-refractivity contribution in [2.75, 3.05) is 0 Å². The van der Waals surface area contributed by atoms with Crippen LogP contribution in [-0.4, -0.2) is 9.13 Å². The predicted molar refractivity (Wildman–Crippen MR) is 213 cm³/mol.